The van der Waals surface area contributed by atoms with Crippen molar-refractivity contribution in [2.24, 2.45) is 0 Å². The molecule has 0 bridgehead atoms. The van der Waals surface area contributed by atoms with Crippen LogP contribution in [0.15, 0.2) is 59.5 Å². The van der Waals surface area contributed by atoms with Crippen molar-refractivity contribution in [3.8, 4) is 0 Å². The third-order valence-electron chi connectivity index (χ3n) is 5.42. The molecule has 0 fully saturated rings. The summed E-state index contributed by atoms with van der Waals surface area (Å²) in [5, 5.41) is 2.79. The molecular weight excluding hydrogens is 428 g/mol. The number of ether oxygens (including phenoxy) is 1. The van der Waals surface area contributed by atoms with Crippen LogP contribution >= 0.6 is 0 Å². The third kappa shape index (κ3) is 5.56. The van der Waals surface area contributed by atoms with E-state index in [0.717, 1.165) is 18.4 Å². The van der Waals surface area contributed by atoms with Gasteiger partial charge in [-0.15, -0.1) is 0 Å². The zero-order chi connectivity index (χ0) is 23.1. The van der Waals surface area contributed by atoms with E-state index in [1.54, 1.807) is 12.1 Å². The quantitative estimate of drug-likeness (QED) is 0.462. The van der Waals surface area contributed by atoms with Crippen LogP contribution in [0.3, 0.4) is 0 Å². The number of esters is 1. The van der Waals surface area contributed by atoms with E-state index < -0.39 is 16.0 Å². The van der Waals surface area contributed by atoms with E-state index in [0.29, 0.717) is 24.2 Å². The topological polar surface area (TPSA) is 92.8 Å². The van der Waals surface area contributed by atoms with E-state index >= 15 is 0 Å². The number of para-hydroxylation sites is 1. The standard InChI is InChI=1S/C24H28N2O5S/c1-3-20(4-2)25-23(27)17-31-24(28)14-11-18-9-12-21(13-10-18)32(29,30)26-16-15-19-7-5-6-8-22(19)26/h5-14,20H,3-4,15-17H2,1-2H3,(H,25,27)/b14-11+. The molecule has 0 atom stereocenters. The molecule has 2 aromatic carbocycles. The van der Waals surface area contributed by atoms with Gasteiger partial charge in [0.1, 0.15) is 0 Å². The lowest BCUT2D eigenvalue weighted by Crippen LogP contribution is -2.36. The van der Waals surface area contributed by atoms with E-state index in [2.05, 4.69) is 5.32 Å². The van der Waals surface area contributed by atoms with Gasteiger partial charge in [-0.1, -0.05) is 44.2 Å². The van der Waals surface area contributed by atoms with Crippen LogP contribution in [0.5, 0.6) is 0 Å². The lowest BCUT2D eigenvalue weighted by Gasteiger charge is -2.19. The molecule has 32 heavy (non-hydrogen) atoms. The number of nitrogens with one attached hydrogen (secondary N) is 1. The zero-order valence-corrected chi connectivity index (χ0v) is 19.1. The van der Waals surface area contributed by atoms with Crippen LogP contribution in [0.4, 0.5) is 5.69 Å². The Kier molecular flexibility index (Phi) is 7.69. The Morgan fingerprint density at radius 1 is 1.09 bits per heavy atom. The van der Waals surface area contributed by atoms with E-state index in [-0.39, 0.29) is 23.5 Å². The van der Waals surface area contributed by atoms with E-state index in [1.807, 2.05) is 38.1 Å². The Balaban J connectivity index is 1.58. The molecule has 3 rings (SSSR count). The minimum atomic E-state index is -3.66. The fourth-order valence-electron chi connectivity index (χ4n) is 3.55. The Morgan fingerprint density at radius 3 is 2.47 bits per heavy atom. The first-order valence-corrected chi connectivity index (χ1v) is 12.1. The minimum absolute atomic E-state index is 0.0700. The summed E-state index contributed by atoms with van der Waals surface area (Å²) < 4.78 is 32.5. The number of nitrogens with zero attached hydrogens (tertiary/aromatic N) is 1. The predicted molar refractivity (Wildman–Crippen MR) is 124 cm³/mol. The molecule has 1 heterocycles. The number of carbonyl (C=O) groups is 2. The average Bonchev–Trinajstić information content (AvgIpc) is 3.25. The molecule has 0 spiro atoms. The van der Waals surface area contributed by atoms with Crippen molar-refractivity contribution in [2.45, 2.75) is 44.0 Å². The second-order valence-corrected chi connectivity index (χ2v) is 9.41. The summed E-state index contributed by atoms with van der Waals surface area (Å²) in [6, 6.07) is 13.8. The van der Waals surface area contributed by atoms with E-state index in [1.165, 1.54) is 28.6 Å². The second-order valence-electron chi connectivity index (χ2n) is 7.55. The van der Waals surface area contributed by atoms with Gasteiger partial charge in [-0.25, -0.2) is 13.2 Å². The van der Waals surface area contributed by atoms with Crippen LogP contribution < -0.4 is 9.62 Å². The van der Waals surface area contributed by atoms with Gasteiger partial charge >= 0.3 is 5.97 Å². The fourth-order valence-corrected chi connectivity index (χ4v) is 5.05. The first-order valence-electron chi connectivity index (χ1n) is 10.7. The molecular formula is C24H28N2O5S. The van der Waals surface area contributed by atoms with E-state index in [9.17, 15) is 18.0 Å². The maximum Gasteiger partial charge on any atom is 0.331 e. The molecule has 170 valence electrons. The van der Waals surface area contributed by atoms with Gasteiger partial charge in [0.05, 0.1) is 10.6 Å². The lowest BCUT2D eigenvalue weighted by molar-refractivity contribution is -0.144. The molecule has 0 saturated heterocycles. The van der Waals surface area contributed by atoms with Crippen molar-refractivity contribution in [1.82, 2.24) is 5.32 Å². The number of hydrogen-bond donors (Lipinski definition) is 1. The smallest absolute Gasteiger partial charge is 0.331 e. The molecule has 7 nitrogen and oxygen atoms in total. The summed E-state index contributed by atoms with van der Waals surface area (Å²) >= 11 is 0. The van der Waals surface area contributed by atoms with Crippen LogP contribution in [0.2, 0.25) is 0 Å². The number of hydrogen-bond acceptors (Lipinski definition) is 5. The number of anilines is 1. The number of benzene rings is 2. The van der Waals surface area contributed by atoms with Crippen molar-refractivity contribution in [2.75, 3.05) is 17.5 Å². The lowest BCUT2D eigenvalue weighted by atomic mass is 10.2. The third-order valence-corrected chi connectivity index (χ3v) is 7.25. The van der Waals surface area contributed by atoms with Gasteiger partial charge in [0.15, 0.2) is 6.61 Å². The molecule has 1 amide bonds. The van der Waals surface area contributed by atoms with Crippen molar-refractivity contribution in [1.29, 1.82) is 0 Å². The number of sulfonamides is 1. The van der Waals surface area contributed by atoms with Gasteiger partial charge in [0.2, 0.25) is 0 Å². The van der Waals surface area contributed by atoms with Crippen molar-refractivity contribution in [3.63, 3.8) is 0 Å². The van der Waals surface area contributed by atoms with Gasteiger partial charge in [0, 0.05) is 18.7 Å². The number of amides is 1. The number of rotatable bonds is 9. The maximum absolute atomic E-state index is 13.0. The predicted octanol–water partition coefficient (Wildman–Crippen LogP) is 3.30. The molecule has 8 heteroatoms. The SMILES string of the molecule is CCC(CC)NC(=O)COC(=O)/C=C/c1ccc(S(=O)(=O)N2CCc3ccccc32)cc1. The second kappa shape index (κ2) is 10.5. The molecule has 0 aliphatic carbocycles. The number of fused-ring (bicyclic) bond motifs is 1. The molecule has 0 radical (unpaired) electrons. The van der Waals surface area contributed by atoms with Crippen molar-refractivity contribution >= 4 is 33.7 Å². The largest absolute Gasteiger partial charge is 0.452 e. The van der Waals surface area contributed by atoms with Gasteiger partial charge in [-0.2, -0.15) is 0 Å². The highest BCUT2D eigenvalue weighted by atomic mass is 32.2. The molecule has 0 saturated carbocycles. The summed E-state index contributed by atoms with van der Waals surface area (Å²) in [5.74, 6) is -0.978. The van der Waals surface area contributed by atoms with Crippen LogP contribution in [-0.2, 0) is 30.8 Å². The van der Waals surface area contributed by atoms with Crippen LogP contribution in [0.25, 0.3) is 6.08 Å². The molecule has 2 aromatic rings. The van der Waals surface area contributed by atoms with Gasteiger partial charge in [0.25, 0.3) is 15.9 Å². The van der Waals surface area contributed by atoms with Crippen LogP contribution in [0.1, 0.15) is 37.8 Å². The molecule has 0 aromatic heterocycles. The molecule has 1 N–H and O–H groups in total. The highest BCUT2D eigenvalue weighted by molar-refractivity contribution is 7.92. The highest BCUT2D eigenvalue weighted by Crippen LogP contribution is 2.32. The number of carbonyl (C=O) groups excluding carboxylic acids is 2. The summed E-state index contributed by atoms with van der Waals surface area (Å²) in [6.07, 6.45) is 5.04. The average molecular weight is 457 g/mol. The van der Waals surface area contributed by atoms with Crippen molar-refractivity contribution < 1.29 is 22.7 Å². The Morgan fingerprint density at radius 2 is 1.78 bits per heavy atom. The van der Waals surface area contributed by atoms with Crippen molar-refractivity contribution in [3.05, 3.63) is 65.7 Å². The molecule has 1 aliphatic heterocycles. The summed E-state index contributed by atoms with van der Waals surface area (Å²) in [4.78, 5) is 23.9. The first-order chi connectivity index (χ1) is 15.3. The first kappa shape index (κ1) is 23.5. The van der Waals surface area contributed by atoms with Crippen LogP contribution in [0, 0.1) is 0 Å². The molecule has 1 aliphatic rings. The Labute approximate surface area is 189 Å². The monoisotopic (exact) mass is 456 g/mol. The Bertz CT molecular complexity index is 1090. The van der Waals surface area contributed by atoms with Crippen LogP contribution in [-0.4, -0.2) is 39.5 Å². The summed E-state index contributed by atoms with van der Waals surface area (Å²) in [6.45, 7) is 4.03. The van der Waals surface area contributed by atoms with Gasteiger partial charge in [-0.3, -0.25) is 9.10 Å². The van der Waals surface area contributed by atoms with E-state index in [4.69, 9.17) is 4.74 Å². The summed E-state index contributed by atoms with van der Waals surface area (Å²) in [5.41, 5.74) is 2.37. The van der Waals surface area contributed by atoms with Gasteiger partial charge in [-0.05, 0) is 54.7 Å². The molecule has 0 unspecified atom stereocenters. The highest BCUT2D eigenvalue weighted by Gasteiger charge is 2.30. The summed E-state index contributed by atoms with van der Waals surface area (Å²) in [7, 11) is -3.66. The minimum Gasteiger partial charge on any atom is -0.452 e. The zero-order valence-electron chi connectivity index (χ0n) is 18.3. The maximum atomic E-state index is 13.0. The normalized spacial score (nSPS) is 13.4. The fraction of sp³-hybridized carbons (Fsp3) is 0.333. The van der Waals surface area contributed by atoms with Gasteiger partial charge < -0.3 is 10.1 Å². The Hall–Kier alpha value is -3.13.